The molecule has 0 amide bonds. The standard InChI is InChI=1S/C17H28/c1-3-5-7-8-9-11-17-14-12-16(13-15-17)10-6-4-2/h12-15H,3-11H2,1-2H3. The third-order valence-electron chi connectivity index (χ3n) is 3.41. The van der Waals surface area contributed by atoms with Crippen molar-refractivity contribution in [3.8, 4) is 0 Å². The Morgan fingerprint density at radius 2 is 1.06 bits per heavy atom. The molecule has 0 heterocycles. The van der Waals surface area contributed by atoms with E-state index in [1.54, 1.807) is 0 Å². The lowest BCUT2D eigenvalue weighted by atomic mass is 10.0. The van der Waals surface area contributed by atoms with E-state index in [-0.39, 0.29) is 0 Å². The van der Waals surface area contributed by atoms with E-state index in [0.717, 1.165) is 0 Å². The fraction of sp³-hybridized carbons (Fsp3) is 0.647. The number of aryl methyl sites for hydroxylation is 2. The van der Waals surface area contributed by atoms with Crippen LogP contribution in [0.25, 0.3) is 0 Å². The first-order valence-corrected chi connectivity index (χ1v) is 7.44. The maximum atomic E-state index is 2.32. The van der Waals surface area contributed by atoms with Crippen LogP contribution in [0.2, 0.25) is 0 Å². The lowest BCUT2D eigenvalue weighted by Gasteiger charge is -2.04. The first kappa shape index (κ1) is 14.3. The number of hydrogen-bond donors (Lipinski definition) is 0. The molecule has 0 N–H and O–H groups in total. The Bertz CT molecular complexity index is 271. The molecule has 0 saturated carbocycles. The summed E-state index contributed by atoms with van der Waals surface area (Å²) in [5, 5.41) is 0. The maximum Gasteiger partial charge on any atom is -0.0279 e. The van der Waals surface area contributed by atoms with E-state index < -0.39 is 0 Å². The van der Waals surface area contributed by atoms with Crippen LogP contribution in [0.1, 0.15) is 69.9 Å². The number of hydrogen-bond acceptors (Lipinski definition) is 0. The summed E-state index contributed by atoms with van der Waals surface area (Å²) >= 11 is 0. The van der Waals surface area contributed by atoms with Crippen LogP contribution in [0.3, 0.4) is 0 Å². The number of rotatable bonds is 9. The molecule has 96 valence electrons. The van der Waals surface area contributed by atoms with E-state index in [9.17, 15) is 0 Å². The summed E-state index contributed by atoms with van der Waals surface area (Å²) in [5.41, 5.74) is 3.02. The van der Waals surface area contributed by atoms with Crippen LogP contribution in [0.15, 0.2) is 24.3 Å². The lowest BCUT2D eigenvalue weighted by Crippen LogP contribution is -1.89. The van der Waals surface area contributed by atoms with Gasteiger partial charge in [-0.1, -0.05) is 70.2 Å². The predicted octanol–water partition coefficient (Wildman–Crippen LogP) is 5.54. The summed E-state index contributed by atoms with van der Waals surface area (Å²) < 4.78 is 0. The quantitative estimate of drug-likeness (QED) is 0.490. The van der Waals surface area contributed by atoms with Crippen molar-refractivity contribution in [2.45, 2.75) is 71.6 Å². The Hall–Kier alpha value is -0.780. The minimum atomic E-state index is 1.24. The number of unbranched alkanes of at least 4 members (excludes halogenated alkanes) is 5. The molecular formula is C17H28. The Balaban J connectivity index is 2.20. The van der Waals surface area contributed by atoms with Crippen LogP contribution in [0.5, 0.6) is 0 Å². The van der Waals surface area contributed by atoms with Crippen molar-refractivity contribution in [3.05, 3.63) is 35.4 Å². The van der Waals surface area contributed by atoms with Gasteiger partial charge in [0.15, 0.2) is 0 Å². The average molecular weight is 232 g/mol. The molecule has 1 rings (SSSR count). The van der Waals surface area contributed by atoms with E-state index in [1.807, 2.05) is 0 Å². The lowest BCUT2D eigenvalue weighted by molar-refractivity contribution is 0.632. The second-order valence-electron chi connectivity index (χ2n) is 5.08. The van der Waals surface area contributed by atoms with Crippen molar-refractivity contribution in [3.63, 3.8) is 0 Å². The van der Waals surface area contributed by atoms with Gasteiger partial charge in [-0.15, -0.1) is 0 Å². The van der Waals surface area contributed by atoms with E-state index in [0.29, 0.717) is 0 Å². The van der Waals surface area contributed by atoms with E-state index >= 15 is 0 Å². The van der Waals surface area contributed by atoms with Crippen molar-refractivity contribution >= 4 is 0 Å². The summed E-state index contributed by atoms with van der Waals surface area (Å²) in [6, 6.07) is 9.28. The van der Waals surface area contributed by atoms with Crippen LogP contribution in [0.4, 0.5) is 0 Å². The minimum absolute atomic E-state index is 1.24. The zero-order chi connectivity index (χ0) is 12.3. The van der Waals surface area contributed by atoms with Crippen molar-refractivity contribution in [1.82, 2.24) is 0 Å². The molecule has 0 atom stereocenters. The summed E-state index contributed by atoms with van der Waals surface area (Å²) in [5.74, 6) is 0. The molecule has 0 aliphatic rings. The fourth-order valence-electron chi connectivity index (χ4n) is 2.19. The molecule has 0 aliphatic carbocycles. The molecule has 0 spiro atoms. The molecule has 0 bridgehead atoms. The smallest absolute Gasteiger partial charge is 0.0279 e. The van der Waals surface area contributed by atoms with Gasteiger partial charge >= 0.3 is 0 Å². The second kappa shape index (κ2) is 9.27. The molecule has 17 heavy (non-hydrogen) atoms. The molecule has 0 heteroatoms. The van der Waals surface area contributed by atoms with Gasteiger partial charge in [-0.3, -0.25) is 0 Å². The first-order valence-electron chi connectivity index (χ1n) is 7.44. The van der Waals surface area contributed by atoms with E-state index in [4.69, 9.17) is 0 Å². The topological polar surface area (TPSA) is 0 Å². The zero-order valence-corrected chi connectivity index (χ0v) is 11.7. The first-order chi connectivity index (χ1) is 8.36. The van der Waals surface area contributed by atoms with Gasteiger partial charge in [-0.05, 0) is 36.8 Å². The van der Waals surface area contributed by atoms with Crippen LogP contribution in [-0.4, -0.2) is 0 Å². The second-order valence-corrected chi connectivity index (χ2v) is 5.08. The van der Waals surface area contributed by atoms with Gasteiger partial charge < -0.3 is 0 Å². The van der Waals surface area contributed by atoms with Crippen molar-refractivity contribution < 1.29 is 0 Å². The van der Waals surface area contributed by atoms with Crippen LogP contribution in [0, 0.1) is 0 Å². The zero-order valence-electron chi connectivity index (χ0n) is 11.7. The maximum absolute atomic E-state index is 2.32. The summed E-state index contributed by atoms with van der Waals surface area (Å²) in [7, 11) is 0. The van der Waals surface area contributed by atoms with Gasteiger partial charge in [0.25, 0.3) is 0 Å². The molecule has 1 aromatic carbocycles. The molecule has 0 radical (unpaired) electrons. The summed E-state index contributed by atoms with van der Waals surface area (Å²) in [6.45, 7) is 4.53. The predicted molar refractivity (Wildman–Crippen MR) is 77.5 cm³/mol. The summed E-state index contributed by atoms with van der Waals surface area (Å²) in [6.07, 6.45) is 12.0. The Kier molecular flexibility index (Phi) is 7.79. The van der Waals surface area contributed by atoms with Crippen LogP contribution >= 0.6 is 0 Å². The van der Waals surface area contributed by atoms with Gasteiger partial charge in [-0.2, -0.15) is 0 Å². The number of benzene rings is 1. The van der Waals surface area contributed by atoms with Crippen molar-refractivity contribution in [2.75, 3.05) is 0 Å². The third-order valence-corrected chi connectivity index (χ3v) is 3.41. The summed E-state index contributed by atoms with van der Waals surface area (Å²) in [4.78, 5) is 0. The molecule has 0 saturated heterocycles. The highest BCUT2D eigenvalue weighted by Crippen LogP contribution is 2.11. The molecule has 0 nitrogen and oxygen atoms in total. The molecule has 0 unspecified atom stereocenters. The highest BCUT2D eigenvalue weighted by atomic mass is 14.0. The molecule has 0 fully saturated rings. The molecule has 0 aromatic heterocycles. The highest BCUT2D eigenvalue weighted by molar-refractivity contribution is 5.22. The van der Waals surface area contributed by atoms with Gasteiger partial charge in [-0.25, -0.2) is 0 Å². The van der Waals surface area contributed by atoms with E-state index in [1.165, 1.54) is 68.9 Å². The molecular weight excluding hydrogens is 204 g/mol. The Morgan fingerprint density at radius 1 is 0.588 bits per heavy atom. The van der Waals surface area contributed by atoms with Crippen molar-refractivity contribution in [2.24, 2.45) is 0 Å². The fourth-order valence-corrected chi connectivity index (χ4v) is 2.19. The minimum Gasteiger partial charge on any atom is -0.0654 e. The van der Waals surface area contributed by atoms with Gasteiger partial charge in [0.1, 0.15) is 0 Å². The Labute approximate surface area is 107 Å². The van der Waals surface area contributed by atoms with Gasteiger partial charge in [0.2, 0.25) is 0 Å². The van der Waals surface area contributed by atoms with E-state index in [2.05, 4.69) is 38.1 Å². The van der Waals surface area contributed by atoms with Crippen LogP contribution < -0.4 is 0 Å². The average Bonchev–Trinajstić information content (AvgIpc) is 2.37. The van der Waals surface area contributed by atoms with Gasteiger partial charge in [0.05, 0.1) is 0 Å². The van der Waals surface area contributed by atoms with Gasteiger partial charge in [0, 0.05) is 0 Å². The monoisotopic (exact) mass is 232 g/mol. The molecule has 0 aliphatic heterocycles. The normalized spacial score (nSPS) is 10.7. The largest absolute Gasteiger partial charge is 0.0654 e. The van der Waals surface area contributed by atoms with Crippen LogP contribution in [-0.2, 0) is 12.8 Å². The molecule has 1 aromatic rings. The third kappa shape index (κ3) is 6.51. The Morgan fingerprint density at radius 3 is 1.59 bits per heavy atom. The highest BCUT2D eigenvalue weighted by Gasteiger charge is 1.95. The van der Waals surface area contributed by atoms with Crippen molar-refractivity contribution in [1.29, 1.82) is 0 Å². The SMILES string of the molecule is CCCCCCCc1ccc(CCCC)cc1.